The van der Waals surface area contributed by atoms with E-state index in [1.54, 1.807) is 24.3 Å². The van der Waals surface area contributed by atoms with Crippen molar-refractivity contribution < 1.29 is 19.1 Å². The minimum atomic E-state index is -4.37. The van der Waals surface area contributed by atoms with E-state index in [4.69, 9.17) is 4.74 Å². The van der Waals surface area contributed by atoms with Crippen LogP contribution in [0.15, 0.2) is 36.4 Å². The normalized spacial score (nSPS) is 11.7. The molecular formula is C13H15O4P. The number of hydrogen-bond donors (Lipinski definition) is 2. The van der Waals surface area contributed by atoms with Gasteiger partial charge in [0.15, 0.2) is 0 Å². The smallest absolute Gasteiger partial charge is 0.360 e. The number of rotatable bonds is 4. The molecule has 96 valence electrons. The first-order valence-electron chi connectivity index (χ1n) is 5.74. The first kappa shape index (κ1) is 13.1. The lowest BCUT2D eigenvalue weighted by atomic mass is 10.1. The maximum Gasteiger partial charge on any atom is 0.360 e. The fourth-order valence-corrected chi connectivity index (χ4v) is 2.81. The van der Waals surface area contributed by atoms with Gasteiger partial charge in [-0.2, -0.15) is 0 Å². The van der Waals surface area contributed by atoms with E-state index >= 15 is 0 Å². The Morgan fingerprint density at radius 2 is 1.89 bits per heavy atom. The predicted octanol–water partition coefficient (Wildman–Crippen LogP) is 2.43. The van der Waals surface area contributed by atoms with Crippen LogP contribution in [0, 0.1) is 0 Å². The van der Waals surface area contributed by atoms with Crippen LogP contribution in [0.2, 0.25) is 0 Å². The molecule has 2 aromatic carbocycles. The van der Waals surface area contributed by atoms with Crippen LogP contribution in [0.3, 0.4) is 0 Å². The number of fused-ring (bicyclic) bond motifs is 1. The first-order valence-corrected chi connectivity index (χ1v) is 7.36. The van der Waals surface area contributed by atoms with Crippen LogP contribution in [0.25, 0.3) is 10.8 Å². The molecule has 0 aliphatic carbocycles. The third kappa shape index (κ3) is 2.56. The van der Waals surface area contributed by atoms with Gasteiger partial charge in [0, 0.05) is 5.39 Å². The highest BCUT2D eigenvalue weighted by atomic mass is 31.2. The molecule has 2 aromatic rings. The Labute approximate surface area is 105 Å². The van der Waals surface area contributed by atoms with Crippen LogP contribution in [0.1, 0.15) is 13.3 Å². The Hall–Kier alpha value is -1.35. The second kappa shape index (κ2) is 5.11. The van der Waals surface area contributed by atoms with Crippen molar-refractivity contribution in [3.05, 3.63) is 36.4 Å². The van der Waals surface area contributed by atoms with Gasteiger partial charge < -0.3 is 14.5 Å². The van der Waals surface area contributed by atoms with Crippen molar-refractivity contribution in [2.24, 2.45) is 0 Å². The van der Waals surface area contributed by atoms with E-state index in [2.05, 4.69) is 0 Å². The molecule has 0 saturated heterocycles. The van der Waals surface area contributed by atoms with Crippen LogP contribution in [0.4, 0.5) is 0 Å². The van der Waals surface area contributed by atoms with E-state index in [0.717, 1.165) is 11.8 Å². The van der Waals surface area contributed by atoms with Crippen LogP contribution >= 0.6 is 7.60 Å². The third-order valence-corrected chi connectivity index (χ3v) is 3.66. The molecular weight excluding hydrogens is 251 g/mol. The zero-order valence-electron chi connectivity index (χ0n) is 10.0. The molecule has 0 radical (unpaired) electrons. The summed E-state index contributed by atoms with van der Waals surface area (Å²) in [7, 11) is -4.37. The zero-order valence-corrected chi connectivity index (χ0v) is 10.9. The van der Waals surface area contributed by atoms with Gasteiger partial charge in [-0.05, 0) is 17.9 Å². The van der Waals surface area contributed by atoms with Crippen molar-refractivity contribution in [2.75, 3.05) is 6.61 Å². The van der Waals surface area contributed by atoms with Gasteiger partial charge in [-0.25, -0.2) is 0 Å². The van der Waals surface area contributed by atoms with Gasteiger partial charge in [0.1, 0.15) is 11.1 Å². The summed E-state index contributed by atoms with van der Waals surface area (Å²) < 4.78 is 17.1. The molecule has 4 nitrogen and oxygen atoms in total. The van der Waals surface area contributed by atoms with Crippen LogP contribution < -0.4 is 10.0 Å². The Bertz CT molecular complexity index is 603. The van der Waals surface area contributed by atoms with Crippen molar-refractivity contribution in [2.45, 2.75) is 13.3 Å². The zero-order chi connectivity index (χ0) is 13.2. The second-order valence-electron chi connectivity index (χ2n) is 4.03. The molecule has 0 aliphatic rings. The molecule has 0 unspecified atom stereocenters. The van der Waals surface area contributed by atoms with Crippen LogP contribution in [-0.4, -0.2) is 16.4 Å². The molecule has 0 aromatic heterocycles. The molecule has 0 atom stereocenters. The summed E-state index contributed by atoms with van der Waals surface area (Å²) in [6, 6.07) is 10.5. The van der Waals surface area contributed by atoms with Crippen molar-refractivity contribution in [1.82, 2.24) is 0 Å². The Morgan fingerprint density at radius 3 is 2.56 bits per heavy atom. The molecule has 2 rings (SSSR count). The highest BCUT2D eigenvalue weighted by Crippen LogP contribution is 2.40. The largest absolute Gasteiger partial charge is 0.493 e. The SMILES string of the molecule is CCCOc1ccc2ccccc2c1P(=O)(O)O. The van der Waals surface area contributed by atoms with E-state index < -0.39 is 7.60 Å². The Morgan fingerprint density at radius 1 is 1.17 bits per heavy atom. The third-order valence-electron chi connectivity index (χ3n) is 2.62. The van der Waals surface area contributed by atoms with Gasteiger partial charge in [-0.3, -0.25) is 4.57 Å². The fourth-order valence-electron chi connectivity index (χ4n) is 1.86. The van der Waals surface area contributed by atoms with Crippen molar-refractivity contribution in [3.8, 4) is 5.75 Å². The van der Waals surface area contributed by atoms with E-state index in [0.29, 0.717) is 12.0 Å². The van der Waals surface area contributed by atoms with Crippen molar-refractivity contribution >= 4 is 23.7 Å². The second-order valence-corrected chi connectivity index (χ2v) is 5.56. The molecule has 0 heterocycles. The quantitative estimate of drug-likeness (QED) is 0.834. The summed E-state index contributed by atoms with van der Waals surface area (Å²) in [5, 5.41) is 1.31. The topological polar surface area (TPSA) is 66.8 Å². The van der Waals surface area contributed by atoms with E-state index in [9.17, 15) is 14.4 Å². The minimum Gasteiger partial charge on any atom is -0.493 e. The Kier molecular flexibility index (Phi) is 3.71. The summed E-state index contributed by atoms with van der Waals surface area (Å²) in [4.78, 5) is 19.0. The van der Waals surface area contributed by atoms with Crippen molar-refractivity contribution in [1.29, 1.82) is 0 Å². The lowest BCUT2D eigenvalue weighted by molar-refractivity contribution is 0.317. The highest BCUT2D eigenvalue weighted by Gasteiger charge is 2.25. The molecule has 0 amide bonds. The number of hydrogen-bond acceptors (Lipinski definition) is 2. The van der Waals surface area contributed by atoms with E-state index in [1.165, 1.54) is 0 Å². The average Bonchev–Trinajstić information content (AvgIpc) is 2.34. The predicted molar refractivity (Wildman–Crippen MR) is 71.4 cm³/mol. The lowest BCUT2D eigenvalue weighted by Crippen LogP contribution is -2.12. The van der Waals surface area contributed by atoms with Gasteiger partial charge in [0.05, 0.1) is 6.61 Å². The molecule has 0 fully saturated rings. The number of benzene rings is 2. The molecule has 0 spiro atoms. The van der Waals surface area contributed by atoms with Gasteiger partial charge in [0.25, 0.3) is 0 Å². The maximum absolute atomic E-state index is 11.6. The van der Waals surface area contributed by atoms with Crippen molar-refractivity contribution in [3.63, 3.8) is 0 Å². The summed E-state index contributed by atoms with van der Waals surface area (Å²) in [5.41, 5.74) is 0. The van der Waals surface area contributed by atoms with E-state index in [-0.39, 0.29) is 11.1 Å². The summed E-state index contributed by atoms with van der Waals surface area (Å²) >= 11 is 0. The molecule has 18 heavy (non-hydrogen) atoms. The maximum atomic E-state index is 11.6. The first-order chi connectivity index (χ1) is 8.54. The molecule has 5 heteroatoms. The van der Waals surface area contributed by atoms with Gasteiger partial charge >= 0.3 is 7.60 Å². The average molecular weight is 266 g/mol. The summed E-state index contributed by atoms with van der Waals surface area (Å²) in [6.07, 6.45) is 0.785. The standard InChI is InChI=1S/C13H15O4P/c1-2-9-17-12-8-7-10-5-3-4-6-11(10)13(12)18(14,15)16/h3-8H,2,9H2,1H3,(H2,14,15,16). The molecule has 2 N–H and O–H groups in total. The number of ether oxygens (including phenoxy) is 1. The molecule has 0 aliphatic heterocycles. The lowest BCUT2D eigenvalue weighted by Gasteiger charge is -2.14. The van der Waals surface area contributed by atoms with Crippen LogP contribution in [0.5, 0.6) is 5.75 Å². The molecule has 0 saturated carbocycles. The van der Waals surface area contributed by atoms with E-state index in [1.807, 2.05) is 19.1 Å². The monoisotopic (exact) mass is 266 g/mol. The Balaban J connectivity index is 2.67. The summed E-state index contributed by atoms with van der Waals surface area (Å²) in [5.74, 6) is 0.267. The fraction of sp³-hybridized carbons (Fsp3) is 0.231. The summed E-state index contributed by atoms with van der Waals surface area (Å²) in [6.45, 7) is 2.38. The molecule has 0 bridgehead atoms. The minimum absolute atomic E-state index is 0.0194. The van der Waals surface area contributed by atoms with Crippen LogP contribution in [-0.2, 0) is 4.57 Å². The van der Waals surface area contributed by atoms with Gasteiger partial charge in [0.2, 0.25) is 0 Å². The van der Waals surface area contributed by atoms with Gasteiger partial charge in [-0.15, -0.1) is 0 Å². The highest BCUT2D eigenvalue weighted by molar-refractivity contribution is 7.61. The van der Waals surface area contributed by atoms with Gasteiger partial charge in [-0.1, -0.05) is 37.3 Å².